The van der Waals surface area contributed by atoms with E-state index < -0.39 is 9.84 Å². The van der Waals surface area contributed by atoms with Gasteiger partial charge in [-0.15, -0.1) is 24.0 Å². The Morgan fingerprint density at radius 3 is 2.29 bits per heavy atom. The normalized spacial score (nSPS) is 16.1. The van der Waals surface area contributed by atoms with Crippen molar-refractivity contribution in [1.29, 1.82) is 0 Å². The van der Waals surface area contributed by atoms with Gasteiger partial charge in [0.25, 0.3) is 0 Å². The van der Waals surface area contributed by atoms with Crippen molar-refractivity contribution in [2.75, 3.05) is 39.0 Å². The number of hydrogen-bond donors (Lipinski definition) is 2. The lowest BCUT2D eigenvalue weighted by molar-refractivity contribution is 0.282. The quantitative estimate of drug-likeness (QED) is 0.238. The maximum Gasteiger partial charge on any atom is 0.191 e. The first-order valence-corrected chi connectivity index (χ1v) is 11.9. The van der Waals surface area contributed by atoms with Gasteiger partial charge in [0, 0.05) is 19.3 Å². The van der Waals surface area contributed by atoms with Crippen LogP contribution in [0.25, 0.3) is 0 Å². The lowest BCUT2D eigenvalue weighted by Crippen LogP contribution is -2.39. The van der Waals surface area contributed by atoms with Gasteiger partial charge in [-0.25, -0.2) is 13.4 Å². The largest absolute Gasteiger partial charge is 0.357 e. The molecule has 6 nitrogen and oxygen atoms in total. The van der Waals surface area contributed by atoms with Gasteiger partial charge in [-0.3, -0.25) is 0 Å². The highest BCUT2D eigenvalue weighted by Crippen LogP contribution is 2.11. The molecule has 160 valence electrons. The molecule has 1 saturated heterocycles. The Hall–Kier alpha value is -0.870. The summed E-state index contributed by atoms with van der Waals surface area (Å²) in [4.78, 5) is 7.52. The lowest BCUT2D eigenvalue weighted by Gasteiger charge is -2.20. The van der Waals surface area contributed by atoms with Crippen LogP contribution in [0, 0.1) is 0 Å². The molecule has 2 N–H and O–H groups in total. The van der Waals surface area contributed by atoms with Crippen LogP contribution in [-0.4, -0.2) is 58.3 Å². The fourth-order valence-corrected chi connectivity index (χ4v) is 3.85. The highest BCUT2D eigenvalue weighted by Gasteiger charge is 2.08. The smallest absolute Gasteiger partial charge is 0.191 e. The summed E-state index contributed by atoms with van der Waals surface area (Å²) in [6.45, 7) is 7.88. The van der Waals surface area contributed by atoms with Crippen LogP contribution in [0.2, 0.25) is 0 Å². The molecular formula is C20H35IN4O2S. The molecule has 1 fully saturated rings. The molecule has 0 aliphatic carbocycles. The number of sulfone groups is 1. The summed E-state index contributed by atoms with van der Waals surface area (Å²) in [5, 5.41) is 6.66. The number of hydrogen-bond acceptors (Lipinski definition) is 4. The Bertz CT molecular complexity index is 685. The first-order chi connectivity index (χ1) is 13.0. The third-order valence-electron chi connectivity index (χ3n) is 4.76. The highest BCUT2D eigenvalue weighted by atomic mass is 127. The SMILES string of the molecule is CCNC(=NCc1ccc(S(C)(=O)=O)cc1)NCCCN1CCCCCC1.I. The third-order valence-corrected chi connectivity index (χ3v) is 5.89. The summed E-state index contributed by atoms with van der Waals surface area (Å²) in [5.74, 6) is 0.806. The Morgan fingerprint density at radius 2 is 1.71 bits per heavy atom. The van der Waals surface area contributed by atoms with Gasteiger partial charge in [0.05, 0.1) is 11.4 Å². The van der Waals surface area contributed by atoms with Gasteiger partial charge >= 0.3 is 0 Å². The second-order valence-corrected chi connectivity index (χ2v) is 9.16. The molecule has 28 heavy (non-hydrogen) atoms. The third kappa shape index (κ3) is 9.56. The average Bonchev–Trinajstić information content (AvgIpc) is 2.91. The zero-order chi connectivity index (χ0) is 19.5. The maximum absolute atomic E-state index is 11.5. The Labute approximate surface area is 187 Å². The topological polar surface area (TPSA) is 73.8 Å². The molecule has 0 spiro atoms. The van der Waals surface area contributed by atoms with Gasteiger partial charge in [0.1, 0.15) is 0 Å². The Balaban J connectivity index is 0.00000392. The summed E-state index contributed by atoms with van der Waals surface area (Å²) < 4.78 is 23.0. The van der Waals surface area contributed by atoms with Crippen molar-refractivity contribution in [2.24, 2.45) is 4.99 Å². The number of aliphatic imine (C=N–C) groups is 1. The molecule has 1 aliphatic heterocycles. The molecule has 1 aliphatic rings. The number of likely N-dealkylation sites (tertiary alicyclic amines) is 1. The summed E-state index contributed by atoms with van der Waals surface area (Å²) >= 11 is 0. The average molecular weight is 522 g/mol. The monoisotopic (exact) mass is 522 g/mol. The maximum atomic E-state index is 11.5. The van der Waals surface area contributed by atoms with Crippen molar-refractivity contribution >= 4 is 39.8 Å². The van der Waals surface area contributed by atoms with E-state index in [0.29, 0.717) is 11.4 Å². The molecule has 0 bridgehead atoms. The van der Waals surface area contributed by atoms with Gasteiger partial charge in [0.15, 0.2) is 15.8 Å². The van der Waals surface area contributed by atoms with Crippen molar-refractivity contribution in [2.45, 2.75) is 50.5 Å². The summed E-state index contributed by atoms with van der Waals surface area (Å²) in [5.41, 5.74) is 0.990. The van der Waals surface area contributed by atoms with E-state index in [2.05, 4.69) is 27.4 Å². The van der Waals surface area contributed by atoms with Crippen LogP contribution in [0.1, 0.15) is 44.6 Å². The second kappa shape index (κ2) is 13.4. The standard InChI is InChI=1S/C20H34N4O2S.HI/c1-3-21-20(22-13-8-16-24-14-6-4-5-7-15-24)23-17-18-9-11-19(12-10-18)27(2,25)26;/h9-12H,3-8,13-17H2,1-2H3,(H2,21,22,23);1H. The molecule has 2 rings (SSSR count). The van der Waals surface area contributed by atoms with Crippen LogP contribution in [0.15, 0.2) is 34.2 Å². The zero-order valence-corrected chi connectivity index (χ0v) is 20.3. The number of nitrogens with one attached hydrogen (secondary N) is 2. The number of guanidine groups is 1. The van der Waals surface area contributed by atoms with E-state index in [1.54, 1.807) is 12.1 Å². The number of halogens is 1. The Kier molecular flexibility index (Phi) is 12.0. The van der Waals surface area contributed by atoms with Crippen LogP contribution in [-0.2, 0) is 16.4 Å². The Morgan fingerprint density at radius 1 is 1.07 bits per heavy atom. The fraction of sp³-hybridized carbons (Fsp3) is 0.650. The molecule has 0 aromatic heterocycles. The lowest BCUT2D eigenvalue weighted by atomic mass is 10.2. The molecule has 1 aromatic carbocycles. The molecule has 1 heterocycles. The van der Waals surface area contributed by atoms with Crippen molar-refractivity contribution in [3.8, 4) is 0 Å². The van der Waals surface area contributed by atoms with Crippen LogP contribution in [0.5, 0.6) is 0 Å². The van der Waals surface area contributed by atoms with Crippen molar-refractivity contribution < 1.29 is 8.42 Å². The summed E-state index contributed by atoms with van der Waals surface area (Å²) in [6, 6.07) is 6.93. The van der Waals surface area contributed by atoms with E-state index in [1.807, 2.05) is 12.1 Å². The van der Waals surface area contributed by atoms with E-state index in [1.165, 1.54) is 45.0 Å². The summed E-state index contributed by atoms with van der Waals surface area (Å²) in [7, 11) is -3.15. The van der Waals surface area contributed by atoms with Crippen LogP contribution in [0.4, 0.5) is 0 Å². The molecule has 0 amide bonds. The van der Waals surface area contributed by atoms with E-state index in [-0.39, 0.29) is 24.0 Å². The molecule has 0 radical (unpaired) electrons. The number of rotatable bonds is 8. The minimum atomic E-state index is -3.15. The minimum Gasteiger partial charge on any atom is -0.357 e. The highest BCUT2D eigenvalue weighted by molar-refractivity contribution is 14.0. The molecular weight excluding hydrogens is 487 g/mol. The second-order valence-electron chi connectivity index (χ2n) is 7.15. The first-order valence-electron chi connectivity index (χ1n) is 10.0. The predicted molar refractivity (Wildman–Crippen MR) is 127 cm³/mol. The fourth-order valence-electron chi connectivity index (χ4n) is 3.22. The van der Waals surface area contributed by atoms with Crippen molar-refractivity contribution in [3.63, 3.8) is 0 Å². The predicted octanol–water partition coefficient (Wildman–Crippen LogP) is 3.03. The van der Waals surface area contributed by atoms with E-state index >= 15 is 0 Å². The zero-order valence-electron chi connectivity index (χ0n) is 17.1. The van der Waals surface area contributed by atoms with Crippen LogP contribution < -0.4 is 10.6 Å². The molecule has 8 heteroatoms. The molecule has 0 atom stereocenters. The van der Waals surface area contributed by atoms with E-state index in [0.717, 1.165) is 37.6 Å². The van der Waals surface area contributed by atoms with Crippen molar-refractivity contribution in [1.82, 2.24) is 15.5 Å². The first kappa shape index (κ1) is 25.2. The van der Waals surface area contributed by atoms with Gasteiger partial charge in [-0.05, 0) is 63.5 Å². The van der Waals surface area contributed by atoms with E-state index in [4.69, 9.17) is 0 Å². The van der Waals surface area contributed by atoms with Gasteiger partial charge in [-0.1, -0.05) is 25.0 Å². The number of nitrogens with zero attached hydrogens (tertiary/aromatic N) is 2. The number of benzene rings is 1. The van der Waals surface area contributed by atoms with Gasteiger partial charge < -0.3 is 15.5 Å². The molecule has 0 unspecified atom stereocenters. The minimum absolute atomic E-state index is 0. The molecule has 0 saturated carbocycles. The van der Waals surface area contributed by atoms with E-state index in [9.17, 15) is 8.42 Å². The van der Waals surface area contributed by atoms with Crippen LogP contribution >= 0.6 is 24.0 Å². The van der Waals surface area contributed by atoms with Gasteiger partial charge in [-0.2, -0.15) is 0 Å². The van der Waals surface area contributed by atoms with Crippen LogP contribution in [0.3, 0.4) is 0 Å². The summed E-state index contributed by atoms with van der Waals surface area (Å²) in [6.07, 6.45) is 7.73. The van der Waals surface area contributed by atoms with Gasteiger partial charge in [0.2, 0.25) is 0 Å². The molecule has 1 aromatic rings. The van der Waals surface area contributed by atoms with Crippen molar-refractivity contribution in [3.05, 3.63) is 29.8 Å².